The summed E-state index contributed by atoms with van der Waals surface area (Å²) in [5.41, 5.74) is 0. The van der Waals surface area contributed by atoms with Crippen LogP contribution in [-0.4, -0.2) is 37.9 Å². The lowest BCUT2D eigenvalue weighted by Gasteiger charge is -2.18. The van der Waals surface area contributed by atoms with E-state index in [2.05, 4.69) is 93.7 Å². The molecule has 0 rings (SSSR count). The molecule has 0 spiro atoms. The third kappa shape index (κ3) is 48.0. The molecule has 0 aromatic carbocycles. The lowest BCUT2D eigenvalue weighted by atomic mass is 10.1. The lowest BCUT2D eigenvalue weighted by molar-refractivity contribution is -0.163. The molecule has 1 atom stereocenters. The van der Waals surface area contributed by atoms with Gasteiger partial charge in [0.1, 0.15) is 6.61 Å². The topological polar surface area (TPSA) is 61.8 Å². The molecule has 0 fully saturated rings. The van der Waals surface area contributed by atoms with Gasteiger partial charge in [-0.2, -0.15) is 0 Å². The number of esters is 2. The summed E-state index contributed by atoms with van der Waals surface area (Å²) >= 11 is 0. The number of hydrogen-bond acceptors (Lipinski definition) is 5. The van der Waals surface area contributed by atoms with E-state index in [0.717, 1.165) is 77.0 Å². The predicted molar refractivity (Wildman–Crippen MR) is 260 cm³/mol. The van der Waals surface area contributed by atoms with Crippen molar-refractivity contribution in [3.8, 4) is 0 Å². The Kier molecular flexibility index (Phi) is 48.4. The van der Waals surface area contributed by atoms with Gasteiger partial charge in [-0.1, -0.05) is 216 Å². The van der Waals surface area contributed by atoms with E-state index in [4.69, 9.17) is 14.2 Å². The van der Waals surface area contributed by atoms with Gasteiger partial charge in [-0.05, 0) is 83.5 Å². The van der Waals surface area contributed by atoms with Crippen LogP contribution in [0.3, 0.4) is 0 Å². The summed E-state index contributed by atoms with van der Waals surface area (Å²) in [6.07, 6.45) is 65.0. The van der Waals surface area contributed by atoms with Crippen LogP contribution in [0.2, 0.25) is 0 Å². The smallest absolute Gasteiger partial charge is 0.306 e. The SMILES string of the molecule is CC/C=C\C/C=C\C/C=C\C/C=C\C/C=C\CCCC(=O)OCC(COCCCCCCCCCCCC/C=C\CCCCCCCC)OC(=O)CCCCCCCCC. The predicted octanol–water partition coefficient (Wildman–Crippen LogP) is 17.1. The molecule has 0 aliphatic heterocycles. The molecule has 5 nitrogen and oxygen atoms in total. The zero-order chi connectivity index (χ0) is 43.5. The van der Waals surface area contributed by atoms with E-state index in [1.165, 1.54) is 128 Å². The van der Waals surface area contributed by atoms with Gasteiger partial charge < -0.3 is 14.2 Å². The highest BCUT2D eigenvalue weighted by Gasteiger charge is 2.17. The highest BCUT2D eigenvalue weighted by molar-refractivity contribution is 5.70. The molecule has 0 amide bonds. The molecule has 0 saturated carbocycles. The third-order valence-electron chi connectivity index (χ3n) is 10.7. The Morgan fingerprint density at radius 1 is 0.383 bits per heavy atom. The largest absolute Gasteiger partial charge is 0.462 e. The van der Waals surface area contributed by atoms with E-state index >= 15 is 0 Å². The molecule has 0 N–H and O–H groups in total. The lowest BCUT2D eigenvalue weighted by Crippen LogP contribution is -2.30. The van der Waals surface area contributed by atoms with E-state index in [-0.39, 0.29) is 25.2 Å². The molecule has 5 heteroatoms. The molecule has 0 aliphatic rings. The molecule has 60 heavy (non-hydrogen) atoms. The molecule has 0 heterocycles. The van der Waals surface area contributed by atoms with E-state index < -0.39 is 6.10 Å². The van der Waals surface area contributed by atoms with Crippen molar-refractivity contribution in [1.29, 1.82) is 0 Å². The fraction of sp³-hybridized carbons (Fsp3) is 0.745. The molecule has 0 aromatic rings. The van der Waals surface area contributed by atoms with E-state index in [9.17, 15) is 9.59 Å². The highest BCUT2D eigenvalue weighted by atomic mass is 16.6. The Hall–Kier alpha value is -2.66. The maximum atomic E-state index is 12.7. The first kappa shape index (κ1) is 57.3. The van der Waals surface area contributed by atoms with E-state index in [1.54, 1.807) is 0 Å². The van der Waals surface area contributed by atoms with Crippen molar-refractivity contribution in [2.24, 2.45) is 0 Å². The number of rotatable bonds is 46. The zero-order valence-corrected chi connectivity index (χ0v) is 39.7. The molecule has 0 radical (unpaired) electrons. The zero-order valence-electron chi connectivity index (χ0n) is 39.7. The van der Waals surface area contributed by atoms with Gasteiger partial charge in [0, 0.05) is 19.4 Å². The van der Waals surface area contributed by atoms with Crippen molar-refractivity contribution in [1.82, 2.24) is 0 Å². The molecule has 0 saturated heterocycles. The van der Waals surface area contributed by atoms with Gasteiger partial charge in [-0.15, -0.1) is 0 Å². The molecular formula is C55H96O5. The fourth-order valence-corrected chi connectivity index (χ4v) is 6.95. The summed E-state index contributed by atoms with van der Waals surface area (Å²) in [6, 6.07) is 0. The second-order valence-corrected chi connectivity index (χ2v) is 16.7. The number of carbonyl (C=O) groups excluding carboxylic acids is 2. The van der Waals surface area contributed by atoms with Gasteiger partial charge in [-0.25, -0.2) is 0 Å². The van der Waals surface area contributed by atoms with Crippen LogP contribution < -0.4 is 0 Å². The molecule has 0 aromatic heterocycles. The van der Waals surface area contributed by atoms with Crippen LogP contribution in [-0.2, 0) is 23.8 Å². The van der Waals surface area contributed by atoms with Crippen LogP contribution in [0.25, 0.3) is 0 Å². The summed E-state index contributed by atoms with van der Waals surface area (Å²) in [7, 11) is 0. The minimum Gasteiger partial charge on any atom is -0.462 e. The first-order valence-corrected chi connectivity index (χ1v) is 25.5. The molecule has 346 valence electrons. The van der Waals surface area contributed by atoms with Crippen LogP contribution >= 0.6 is 0 Å². The first-order chi connectivity index (χ1) is 29.6. The second kappa shape index (κ2) is 50.7. The molecule has 0 bridgehead atoms. The standard InChI is InChI=1S/C55H96O5/c1-4-7-10-13-16-18-20-22-24-26-27-28-30-32-34-36-38-41-44-47-50-58-51-53(60-55(57)49-46-43-39-15-12-9-6-3)52-59-54(56)48-45-42-40-37-35-33-31-29-25-23-21-19-17-14-11-8-5-2/h8,11,17,19,22-25,31,33,37,40,53H,4-7,9-10,12-16,18,20-21,26-30,32,34-36,38-39,41-52H2,1-3H3/b11-8-,19-17-,24-22-,25-23-,33-31-,40-37-. The summed E-state index contributed by atoms with van der Waals surface area (Å²) in [4.78, 5) is 25.2. The average Bonchev–Trinajstić information content (AvgIpc) is 3.25. The van der Waals surface area contributed by atoms with Crippen LogP contribution in [0.15, 0.2) is 72.9 Å². The minimum absolute atomic E-state index is 0.0548. The van der Waals surface area contributed by atoms with Crippen molar-refractivity contribution in [3.05, 3.63) is 72.9 Å². The molecular weight excluding hydrogens is 741 g/mol. The second-order valence-electron chi connectivity index (χ2n) is 16.7. The maximum absolute atomic E-state index is 12.7. The minimum atomic E-state index is -0.557. The van der Waals surface area contributed by atoms with Crippen molar-refractivity contribution >= 4 is 11.9 Å². The Morgan fingerprint density at radius 3 is 1.27 bits per heavy atom. The number of hydrogen-bond donors (Lipinski definition) is 0. The van der Waals surface area contributed by atoms with Crippen LogP contribution in [0, 0.1) is 0 Å². The van der Waals surface area contributed by atoms with Gasteiger partial charge in [-0.3, -0.25) is 9.59 Å². The van der Waals surface area contributed by atoms with Gasteiger partial charge in [0.25, 0.3) is 0 Å². The van der Waals surface area contributed by atoms with E-state index in [1.807, 2.05) is 0 Å². The van der Waals surface area contributed by atoms with Crippen molar-refractivity contribution in [2.75, 3.05) is 19.8 Å². The summed E-state index contributed by atoms with van der Waals surface area (Å²) in [5, 5.41) is 0. The van der Waals surface area contributed by atoms with Gasteiger partial charge in [0.2, 0.25) is 0 Å². The maximum Gasteiger partial charge on any atom is 0.306 e. The fourth-order valence-electron chi connectivity index (χ4n) is 6.95. The number of ether oxygens (including phenoxy) is 3. The number of unbranched alkanes of at least 4 members (excludes halogenated alkanes) is 23. The average molecular weight is 837 g/mol. The van der Waals surface area contributed by atoms with E-state index in [0.29, 0.717) is 19.4 Å². The number of allylic oxidation sites excluding steroid dienone is 12. The monoisotopic (exact) mass is 837 g/mol. The summed E-state index contributed by atoms with van der Waals surface area (Å²) in [5.74, 6) is -0.469. The summed E-state index contributed by atoms with van der Waals surface area (Å²) < 4.78 is 17.3. The normalized spacial score (nSPS) is 12.8. The van der Waals surface area contributed by atoms with Crippen LogP contribution in [0.1, 0.15) is 239 Å². The van der Waals surface area contributed by atoms with Crippen LogP contribution in [0.4, 0.5) is 0 Å². The Morgan fingerprint density at radius 2 is 0.767 bits per heavy atom. The number of carbonyl (C=O) groups is 2. The van der Waals surface area contributed by atoms with Gasteiger partial charge in [0.05, 0.1) is 6.61 Å². The quantitative estimate of drug-likeness (QED) is 0.0347. The molecule has 1 unspecified atom stereocenters. The Balaban J connectivity index is 4.18. The molecule has 0 aliphatic carbocycles. The Labute approximate surface area is 372 Å². The van der Waals surface area contributed by atoms with Crippen molar-refractivity contribution in [2.45, 2.75) is 245 Å². The third-order valence-corrected chi connectivity index (χ3v) is 10.7. The highest BCUT2D eigenvalue weighted by Crippen LogP contribution is 2.14. The van der Waals surface area contributed by atoms with Crippen LogP contribution in [0.5, 0.6) is 0 Å². The first-order valence-electron chi connectivity index (χ1n) is 25.5. The van der Waals surface area contributed by atoms with Crippen molar-refractivity contribution < 1.29 is 23.8 Å². The van der Waals surface area contributed by atoms with Gasteiger partial charge >= 0.3 is 11.9 Å². The summed E-state index contributed by atoms with van der Waals surface area (Å²) in [6.45, 7) is 7.62. The van der Waals surface area contributed by atoms with Gasteiger partial charge in [0.15, 0.2) is 6.10 Å². The Bertz CT molecular complexity index is 1080. The van der Waals surface area contributed by atoms with Crippen molar-refractivity contribution in [3.63, 3.8) is 0 Å².